The summed E-state index contributed by atoms with van der Waals surface area (Å²) in [5, 5.41) is 3.33. The zero-order chi connectivity index (χ0) is 16.1. The highest BCUT2D eigenvalue weighted by Gasteiger charge is 2.15. The minimum absolute atomic E-state index is 0.186. The molecule has 0 fully saturated rings. The van der Waals surface area contributed by atoms with E-state index in [-0.39, 0.29) is 11.6 Å². The van der Waals surface area contributed by atoms with Crippen molar-refractivity contribution in [2.45, 2.75) is 19.9 Å². The van der Waals surface area contributed by atoms with Crippen molar-refractivity contribution in [1.29, 1.82) is 0 Å². The summed E-state index contributed by atoms with van der Waals surface area (Å²) in [6.07, 6.45) is 0. The summed E-state index contributed by atoms with van der Waals surface area (Å²) in [6.45, 7) is 2.82. The maximum atomic E-state index is 12.0. The number of hydrogen-bond acceptors (Lipinski definition) is 4. The Morgan fingerprint density at radius 2 is 1.77 bits per heavy atom. The average Bonchev–Trinajstić information content (AvgIpc) is 2.51. The first kappa shape index (κ1) is 15.4. The van der Waals surface area contributed by atoms with Crippen LogP contribution >= 0.6 is 0 Å². The second-order valence-corrected chi connectivity index (χ2v) is 4.75. The van der Waals surface area contributed by atoms with Crippen LogP contribution in [0.5, 0.6) is 0 Å². The number of pyridine rings is 1. The van der Waals surface area contributed by atoms with Crippen molar-refractivity contribution >= 4 is 28.6 Å². The maximum absolute atomic E-state index is 12.0. The van der Waals surface area contributed by atoms with Crippen LogP contribution in [0.15, 0.2) is 36.4 Å². The second kappa shape index (κ2) is 6.66. The summed E-state index contributed by atoms with van der Waals surface area (Å²) in [6, 6.07) is 9.99. The Kier molecular flexibility index (Phi) is 4.67. The predicted molar refractivity (Wildman–Crippen MR) is 80.6 cm³/mol. The van der Waals surface area contributed by atoms with Gasteiger partial charge in [-0.3, -0.25) is 25.2 Å². The molecule has 0 saturated carbocycles. The molecule has 1 atom stereocenters. The molecule has 7 heteroatoms. The molecule has 0 saturated heterocycles. The van der Waals surface area contributed by atoms with Gasteiger partial charge < -0.3 is 5.32 Å². The van der Waals surface area contributed by atoms with Gasteiger partial charge in [-0.1, -0.05) is 24.3 Å². The lowest BCUT2D eigenvalue weighted by atomic mass is 10.2. The number of nitrogens with one attached hydrogen (secondary N) is 3. The molecule has 1 heterocycles. The molecule has 3 N–H and O–H groups in total. The molecule has 0 bridgehead atoms. The number of rotatable bonds is 3. The lowest BCUT2D eigenvalue weighted by molar-refractivity contribution is -0.128. The Bertz CT molecular complexity index is 730. The van der Waals surface area contributed by atoms with Gasteiger partial charge in [0.1, 0.15) is 11.7 Å². The summed E-state index contributed by atoms with van der Waals surface area (Å²) < 4.78 is 0. The maximum Gasteiger partial charge on any atom is 0.288 e. The number of amides is 3. The Hall–Kier alpha value is -2.96. The zero-order valence-electron chi connectivity index (χ0n) is 12.2. The van der Waals surface area contributed by atoms with E-state index < -0.39 is 17.9 Å². The lowest BCUT2D eigenvalue weighted by Crippen LogP contribution is -2.50. The number of hydrogen-bond donors (Lipinski definition) is 3. The van der Waals surface area contributed by atoms with E-state index in [4.69, 9.17) is 0 Å². The fourth-order valence-corrected chi connectivity index (χ4v) is 1.85. The molecule has 0 radical (unpaired) electrons. The molecule has 1 aromatic carbocycles. The van der Waals surface area contributed by atoms with Crippen molar-refractivity contribution in [3.8, 4) is 0 Å². The van der Waals surface area contributed by atoms with Crippen LogP contribution in [0.25, 0.3) is 10.9 Å². The quantitative estimate of drug-likeness (QED) is 0.719. The molecule has 2 aromatic rings. The van der Waals surface area contributed by atoms with E-state index in [0.29, 0.717) is 5.52 Å². The molecule has 0 aliphatic carbocycles. The van der Waals surface area contributed by atoms with E-state index in [0.717, 1.165) is 5.39 Å². The van der Waals surface area contributed by atoms with Crippen molar-refractivity contribution in [2.75, 3.05) is 0 Å². The van der Waals surface area contributed by atoms with Crippen molar-refractivity contribution in [2.24, 2.45) is 0 Å². The van der Waals surface area contributed by atoms with Crippen LogP contribution in [0.1, 0.15) is 24.3 Å². The molecule has 0 unspecified atom stereocenters. The largest absolute Gasteiger partial charge is 0.345 e. The predicted octanol–water partition coefficient (Wildman–Crippen LogP) is 0.520. The van der Waals surface area contributed by atoms with Crippen molar-refractivity contribution in [1.82, 2.24) is 21.2 Å². The number of aromatic nitrogens is 1. The molecule has 7 nitrogen and oxygen atoms in total. The van der Waals surface area contributed by atoms with Gasteiger partial charge in [0.2, 0.25) is 5.91 Å². The monoisotopic (exact) mass is 300 g/mol. The molecule has 114 valence electrons. The molecular formula is C15H16N4O3. The number of fused-ring (bicyclic) bond motifs is 1. The number of carbonyl (C=O) groups is 3. The summed E-state index contributed by atoms with van der Waals surface area (Å²) in [5.41, 5.74) is 5.38. The second-order valence-electron chi connectivity index (χ2n) is 4.75. The smallest absolute Gasteiger partial charge is 0.288 e. The number of nitrogens with zero attached hydrogens (tertiary/aromatic N) is 1. The molecular weight excluding hydrogens is 284 g/mol. The van der Waals surface area contributed by atoms with Crippen LogP contribution in [0.2, 0.25) is 0 Å². The van der Waals surface area contributed by atoms with Gasteiger partial charge in [0.15, 0.2) is 0 Å². The third-order valence-electron chi connectivity index (χ3n) is 2.94. The van der Waals surface area contributed by atoms with E-state index >= 15 is 0 Å². The van der Waals surface area contributed by atoms with Crippen LogP contribution < -0.4 is 16.2 Å². The zero-order valence-corrected chi connectivity index (χ0v) is 12.2. The minimum atomic E-state index is -0.748. The van der Waals surface area contributed by atoms with Gasteiger partial charge in [-0.2, -0.15) is 0 Å². The first-order valence-corrected chi connectivity index (χ1v) is 6.70. The third-order valence-corrected chi connectivity index (χ3v) is 2.94. The summed E-state index contributed by atoms with van der Waals surface area (Å²) in [5.74, 6) is -1.39. The van der Waals surface area contributed by atoms with Crippen molar-refractivity contribution in [3.05, 3.63) is 42.1 Å². The fraction of sp³-hybridized carbons (Fsp3) is 0.200. The highest BCUT2D eigenvalue weighted by Crippen LogP contribution is 2.11. The van der Waals surface area contributed by atoms with Gasteiger partial charge >= 0.3 is 0 Å². The highest BCUT2D eigenvalue weighted by atomic mass is 16.2. The number of para-hydroxylation sites is 1. The molecule has 0 aliphatic rings. The van der Waals surface area contributed by atoms with E-state index in [1.54, 1.807) is 18.2 Å². The fourth-order valence-electron chi connectivity index (χ4n) is 1.85. The van der Waals surface area contributed by atoms with Crippen molar-refractivity contribution in [3.63, 3.8) is 0 Å². The van der Waals surface area contributed by atoms with E-state index in [2.05, 4.69) is 21.2 Å². The van der Waals surface area contributed by atoms with Crippen LogP contribution in [-0.2, 0) is 9.59 Å². The van der Waals surface area contributed by atoms with Gasteiger partial charge in [-0.25, -0.2) is 4.98 Å². The minimum Gasteiger partial charge on any atom is -0.345 e. The molecule has 0 aliphatic heterocycles. The molecule has 2 rings (SSSR count). The van der Waals surface area contributed by atoms with Gasteiger partial charge in [0.05, 0.1) is 5.52 Å². The Labute approximate surface area is 127 Å². The van der Waals surface area contributed by atoms with Crippen LogP contribution in [0.3, 0.4) is 0 Å². The van der Waals surface area contributed by atoms with Gasteiger partial charge in [-0.15, -0.1) is 0 Å². The normalized spacial score (nSPS) is 11.5. The Morgan fingerprint density at radius 3 is 2.50 bits per heavy atom. The van der Waals surface area contributed by atoms with E-state index in [1.165, 1.54) is 13.8 Å². The first-order valence-electron chi connectivity index (χ1n) is 6.70. The molecule has 0 spiro atoms. The standard InChI is InChI=1S/C15H16N4O3/c1-9(16-10(2)20)14(21)18-19-15(22)13-8-7-11-5-3-4-6-12(11)17-13/h3-9H,1-2H3,(H,16,20)(H,18,21)(H,19,22)/t9-/m1/s1. The molecule has 3 amide bonds. The SMILES string of the molecule is CC(=O)N[C@H](C)C(=O)NNC(=O)c1ccc2ccccc2n1. The van der Waals surface area contributed by atoms with Gasteiger partial charge in [0.25, 0.3) is 11.8 Å². The summed E-state index contributed by atoms with van der Waals surface area (Å²) >= 11 is 0. The van der Waals surface area contributed by atoms with Crippen molar-refractivity contribution < 1.29 is 14.4 Å². The summed E-state index contributed by atoms with van der Waals surface area (Å²) in [7, 11) is 0. The Morgan fingerprint density at radius 1 is 1.05 bits per heavy atom. The average molecular weight is 300 g/mol. The Balaban J connectivity index is 1.99. The first-order chi connectivity index (χ1) is 10.5. The van der Waals surface area contributed by atoms with Crippen LogP contribution in [-0.4, -0.2) is 28.7 Å². The third kappa shape index (κ3) is 3.78. The number of benzene rings is 1. The van der Waals surface area contributed by atoms with Gasteiger partial charge in [-0.05, 0) is 19.1 Å². The van der Waals surface area contributed by atoms with Gasteiger partial charge in [0, 0.05) is 12.3 Å². The molecule has 1 aromatic heterocycles. The van der Waals surface area contributed by atoms with Crippen LogP contribution in [0.4, 0.5) is 0 Å². The van der Waals surface area contributed by atoms with E-state index in [9.17, 15) is 14.4 Å². The summed E-state index contributed by atoms with van der Waals surface area (Å²) in [4.78, 5) is 38.7. The number of hydrazine groups is 1. The number of carbonyl (C=O) groups excluding carboxylic acids is 3. The van der Waals surface area contributed by atoms with Crippen LogP contribution in [0, 0.1) is 0 Å². The lowest BCUT2D eigenvalue weighted by Gasteiger charge is -2.13. The van der Waals surface area contributed by atoms with E-state index in [1.807, 2.05) is 18.2 Å². The highest BCUT2D eigenvalue weighted by molar-refractivity contribution is 5.96. The topological polar surface area (TPSA) is 100 Å². The molecule has 22 heavy (non-hydrogen) atoms.